The lowest BCUT2D eigenvalue weighted by Crippen LogP contribution is -2.48. The largest absolute Gasteiger partial charge is 0.394 e. The summed E-state index contributed by atoms with van der Waals surface area (Å²) in [7, 11) is 0. The van der Waals surface area contributed by atoms with E-state index in [1.807, 2.05) is 30.3 Å². The molecule has 2 fully saturated rings. The Balaban J connectivity index is 1.56. The number of likely N-dealkylation sites (tertiary alicyclic amines) is 1. The van der Waals surface area contributed by atoms with Crippen LogP contribution in [-0.2, 0) is 10.3 Å². The van der Waals surface area contributed by atoms with Crippen LogP contribution in [0.2, 0.25) is 0 Å². The lowest BCUT2D eigenvalue weighted by atomic mass is 9.84. The fourth-order valence-corrected chi connectivity index (χ4v) is 4.45. The zero-order chi connectivity index (χ0) is 22.7. The molecule has 1 aromatic carbocycles. The van der Waals surface area contributed by atoms with Gasteiger partial charge in [-0.15, -0.1) is 0 Å². The van der Waals surface area contributed by atoms with Crippen LogP contribution in [-0.4, -0.2) is 51.3 Å². The first-order chi connectivity index (χ1) is 15.5. The SMILES string of the molecule is N#CCC1(n2cc(C(N)=O)c(NC(=O)C3CC3)n2)CCN([C@@H](CO)c2ccccc2)CC1. The molecule has 2 amide bonds. The number of aromatic nitrogens is 2. The third kappa shape index (κ3) is 4.38. The van der Waals surface area contributed by atoms with Gasteiger partial charge in [0.15, 0.2) is 5.82 Å². The lowest BCUT2D eigenvalue weighted by Gasteiger charge is -2.43. The number of benzene rings is 1. The molecule has 4 rings (SSSR count). The Morgan fingerprint density at radius 3 is 2.53 bits per heavy atom. The van der Waals surface area contributed by atoms with E-state index in [-0.39, 0.29) is 42.3 Å². The first-order valence-corrected chi connectivity index (χ1v) is 10.9. The number of carbonyl (C=O) groups excluding carboxylic acids is 2. The molecule has 9 heteroatoms. The third-order valence-corrected chi connectivity index (χ3v) is 6.59. The van der Waals surface area contributed by atoms with E-state index >= 15 is 0 Å². The van der Waals surface area contributed by atoms with Crippen molar-refractivity contribution in [2.75, 3.05) is 25.0 Å². The van der Waals surface area contributed by atoms with Gasteiger partial charge < -0.3 is 16.2 Å². The van der Waals surface area contributed by atoms with E-state index < -0.39 is 11.4 Å². The van der Waals surface area contributed by atoms with E-state index in [1.54, 1.807) is 10.9 Å². The number of aliphatic hydroxyl groups is 1. The Kier molecular flexibility index (Phi) is 6.26. The van der Waals surface area contributed by atoms with E-state index in [9.17, 15) is 20.0 Å². The van der Waals surface area contributed by atoms with Gasteiger partial charge in [-0.2, -0.15) is 10.4 Å². The number of anilines is 1. The minimum Gasteiger partial charge on any atom is -0.394 e. The number of nitrogens with two attached hydrogens (primary N) is 1. The molecule has 1 aliphatic heterocycles. The number of primary amides is 1. The minimum absolute atomic E-state index is 0.000201. The first-order valence-electron chi connectivity index (χ1n) is 10.9. The Bertz CT molecular complexity index is 1020. The summed E-state index contributed by atoms with van der Waals surface area (Å²) in [6, 6.07) is 12.0. The standard InChI is InChI=1S/C23H28N6O3/c24-11-8-23(9-12-28(13-10-23)19(15-30)16-4-2-1-3-5-16)29-14-18(20(25)31)21(27-29)26-22(32)17-6-7-17/h1-5,14,17,19,30H,6-10,12-13,15H2,(H2,25,31)(H,26,27,32)/t19-/m0/s1. The predicted octanol–water partition coefficient (Wildman–Crippen LogP) is 1.77. The van der Waals surface area contributed by atoms with Gasteiger partial charge in [0.25, 0.3) is 5.91 Å². The number of aliphatic hydroxyl groups excluding tert-OH is 1. The molecule has 4 N–H and O–H groups in total. The molecule has 1 aromatic heterocycles. The summed E-state index contributed by atoms with van der Waals surface area (Å²) in [5.41, 5.74) is 6.12. The fraction of sp³-hybridized carbons (Fsp3) is 0.478. The highest BCUT2D eigenvalue weighted by molar-refractivity contribution is 6.02. The van der Waals surface area contributed by atoms with Crippen molar-refractivity contribution >= 4 is 17.6 Å². The van der Waals surface area contributed by atoms with Crippen molar-refractivity contribution in [3.05, 3.63) is 47.7 Å². The van der Waals surface area contributed by atoms with Gasteiger partial charge in [-0.3, -0.25) is 19.2 Å². The fourth-order valence-electron chi connectivity index (χ4n) is 4.45. The van der Waals surface area contributed by atoms with Crippen LogP contribution in [0, 0.1) is 17.2 Å². The Labute approximate surface area is 186 Å². The van der Waals surface area contributed by atoms with E-state index in [2.05, 4.69) is 21.4 Å². The van der Waals surface area contributed by atoms with Crippen LogP contribution in [0.25, 0.3) is 0 Å². The van der Waals surface area contributed by atoms with Gasteiger partial charge in [0.1, 0.15) is 5.56 Å². The number of piperidine rings is 1. The van der Waals surface area contributed by atoms with Gasteiger partial charge in [-0.25, -0.2) is 0 Å². The molecule has 1 saturated carbocycles. The summed E-state index contributed by atoms with van der Waals surface area (Å²) in [6.07, 6.45) is 4.66. The third-order valence-electron chi connectivity index (χ3n) is 6.59. The summed E-state index contributed by atoms with van der Waals surface area (Å²) in [5, 5.41) is 26.8. The molecule has 9 nitrogen and oxygen atoms in total. The number of rotatable bonds is 8. The van der Waals surface area contributed by atoms with Crippen molar-refractivity contribution < 1.29 is 14.7 Å². The van der Waals surface area contributed by atoms with Gasteiger partial charge >= 0.3 is 0 Å². The Morgan fingerprint density at radius 1 is 1.28 bits per heavy atom. The summed E-state index contributed by atoms with van der Waals surface area (Å²) >= 11 is 0. The van der Waals surface area contributed by atoms with Crippen LogP contribution in [0.4, 0.5) is 5.82 Å². The number of amides is 2. The zero-order valence-electron chi connectivity index (χ0n) is 17.9. The predicted molar refractivity (Wildman–Crippen MR) is 117 cm³/mol. The highest BCUT2D eigenvalue weighted by atomic mass is 16.3. The number of nitrogens with zero attached hydrogens (tertiary/aromatic N) is 4. The number of hydrogen-bond donors (Lipinski definition) is 3. The molecular weight excluding hydrogens is 408 g/mol. The summed E-state index contributed by atoms with van der Waals surface area (Å²) in [4.78, 5) is 26.4. The van der Waals surface area contributed by atoms with Crippen molar-refractivity contribution in [1.29, 1.82) is 5.26 Å². The van der Waals surface area contributed by atoms with Crippen LogP contribution in [0.1, 0.15) is 54.1 Å². The molecule has 2 aromatic rings. The smallest absolute Gasteiger partial charge is 0.254 e. The van der Waals surface area contributed by atoms with Crippen molar-refractivity contribution in [3.63, 3.8) is 0 Å². The second kappa shape index (κ2) is 9.10. The number of nitriles is 1. The van der Waals surface area contributed by atoms with E-state index in [0.29, 0.717) is 25.9 Å². The molecule has 168 valence electrons. The summed E-state index contributed by atoms with van der Waals surface area (Å²) < 4.78 is 1.65. The zero-order valence-corrected chi connectivity index (χ0v) is 17.9. The molecule has 0 radical (unpaired) electrons. The van der Waals surface area contributed by atoms with Crippen LogP contribution >= 0.6 is 0 Å². The molecular formula is C23H28N6O3. The summed E-state index contributed by atoms with van der Waals surface area (Å²) in [5.74, 6) is -0.705. The minimum atomic E-state index is -0.670. The molecule has 1 saturated heterocycles. The van der Waals surface area contributed by atoms with Crippen LogP contribution in [0.15, 0.2) is 36.5 Å². The first kappa shape index (κ1) is 22.0. The topological polar surface area (TPSA) is 137 Å². The molecule has 0 bridgehead atoms. The molecule has 1 atom stereocenters. The van der Waals surface area contributed by atoms with Crippen molar-refractivity contribution in [2.45, 2.75) is 43.7 Å². The van der Waals surface area contributed by atoms with Gasteiger partial charge in [0.05, 0.1) is 30.7 Å². The van der Waals surface area contributed by atoms with E-state index in [0.717, 1.165) is 18.4 Å². The maximum Gasteiger partial charge on any atom is 0.254 e. The molecule has 2 aliphatic rings. The Hall–Kier alpha value is -3.22. The maximum absolute atomic E-state index is 12.2. The highest BCUT2D eigenvalue weighted by Crippen LogP contribution is 2.37. The number of hydrogen-bond acceptors (Lipinski definition) is 6. The second-order valence-corrected chi connectivity index (χ2v) is 8.67. The number of carbonyl (C=O) groups is 2. The van der Waals surface area contributed by atoms with Crippen molar-refractivity contribution in [1.82, 2.24) is 14.7 Å². The van der Waals surface area contributed by atoms with Crippen LogP contribution in [0.3, 0.4) is 0 Å². The highest BCUT2D eigenvalue weighted by Gasteiger charge is 2.40. The lowest BCUT2D eigenvalue weighted by molar-refractivity contribution is -0.117. The summed E-state index contributed by atoms with van der Waals surface area (Å²) in [6.45, 7) is 1.30. The number of nitrogens with one attached hydrogen (secondary N) is 1. The van der Waals surface area contributed by atoms with Crippen molar-refractivity contribution in [3.8, 4) is 6.07 Å². The molecule has 2 heterocycles. The molecule has 0 unspecified atom stereocenters. The second-order valence-electron chi connectivity index (χ2n) is 8.67. The molecule has 0 spiro atoms. The van der Waals surface area contributed by atoms with Gasteiger partial charge in [0.2, 0.25) is 5.91 Å². The van der Waals surface area contributed by atoms with Gasteiger partial charge in [0, 0.05) is 25.2 Å². The maximum atomic E-state index is 12.2. The monoisotopic (exact) mass is 436 g/mol. The van der Waals surface area contributed by atoms with Crippen LogP contribution < -0.4 is 11.1 Å². The average molecular weight is 437 g/mol. The van der Waals surface area contributed by atoms with E-state index in [4.69, 9.17) is 5.73 Å². The molecule has 1 aliphatic carbocycles. The van der Waals surface area contributed by atoms with Gasteiger partial charge in [-0.1, -0.05) is 30.3 Å². The quantitative estimate of drug-likeness (QED) is 0.577. The Morgan fingerprint density at radius 2 is 1.97 bits per heavy atom. The van der Waals surface area contributed by atoms with Crippen molar-refractivity contribution in [2.24, 2.45) is 11.7 Å². The normalized spacial score (nSPS) is 19.1. The van der Waals surface area contributed by atoms with E-state index in [1.165, 1.54) is 0 Å². The molecule has 32 heavy (non-hydrogen) atoms. The van der Waals surface area contributed by atoms with Gasteiger partial charge in [-0.05, 0) is 31.2 Å². The van der Waals surface area contributed by atoms with Crippen LogP contribution in [0.5, 0.6) is 0 Å². The average Bonchev–Trinajstić information content (AvgIpc) is 3.56.